The van der Waals surface area contributed by atoms with Gasteiger partial charge in [-0.05, 0) is 101 Å². The Bertz CT molecular complexity index is 1250. The summed E-state index contributed by atoms with van der Waals surface area (Å²) in [6.45, 7) is 6.20. The molecule has 2 aromatic rings. The Morgan fingerprint density at radius 3 is 2.46 bits per heavy atom. The third-order valence-electron chi connectivity index (χ3n) is 5.42. The van der Waals surface area contributed by atoms with Crippen LogP contribution in [0.4, 0.5) is 4.79 Å². The van der Waals surface area contributed by atoms with Crippen LogP contribution in [-0.2, 0) is 9.53 Å². The van der Waals surface area contributed by atoms with Gasteiger partial charge in [0.1, 0.15) is 12.4 Å². The highest BCUT2D eigenvalue weighted by molar-refractivity contribution is 14.1. The Morgan fingerprint density at radius 2 is 1.82 bits per heavy atom. The van der Waals surface area contributed by atoms with Gasteiger partial charge in [0.15, 0.2) is 17.7 Å². The van der Waals surface area contributed by atoms with Gasteiger partial charge < -0.3 is 34.7 Å². The zero-order chi connectivity index (χ0) is 28.5. The molecular weight excluding hydrogens is 734 g/mol. The van der Waals surface area contributed by atoms with Gasteiger partial charge >= 0.3 is 12.0 Å². The summed E-state index contributed by atoms with van der Waals surface area (Å²) in [7, 11) is 1.28. The first-order valence-electron chi connectivity index (χ1n) is 12.0. The van der Waals surface area contributed by atoms with E-state index >= 15 is 0 Å². The highest BCUT2D eigenvalue weighted by atomic mass is 127. The van der Waals surface area contributed by atoms with Crippen LogP contribution >= 0.6 is 45.2 Å². The summed E-state index contributed by atoms with van der Waals surface area (Å²) in [5, 5.41) is 19.8. The van der Waals surface area contributed by atoms with Crippen molar-refractivity contribution in [2.75, 3.05) is 26.9 Å². The largest absolute Gasteiger partial charge is 0.492 e. The molecule has 0 radical (unpaired) electrons. The van der Waals surface area contributed by atoms with Crippen LogP contribution in [0, 0.1) is 7.14 Å². The number of halogens is 2. The van der Waals surface area contributed by atoms with Crippen LogP contribution in [0.2, 0.25) is 0 Å². The zero-order valence-corrected chi connectivity index (χ0v) is 26.2. The molecule has 1 aliphatic heterocycles. The lowest BCUT2D eigenvalue weighted by molar-refractivity contribution is -0.136. The van der Waals surface area contributed by atoms with E-state index in [2.05, 4.69) is 66.3 Å². The standard InChI is InChI=1S/C26H30I2N4O7/c1-5-37-20-11-16(23-22(25(34)36-4)14(3)30-26(35)31-23)7-8-19(20)39-13-21(33)32-29-12-15-9-17(27)24(38-6-2)18(28)10-15/h7-12,21,23,32-33H,5-6,13H2,1-4H3,(H2,30,31,35)/b29-12-/t21-,23-/m1/s1. The second kappa shape index (κ2) is 14.6. The summed E-state index contributed by atoms with van der Waals surface area (Å²) in [5.74, 6) is 1.04. The van der Waals surface area contributed by atoms with Crippen molar-refractivity contribution in [3.05, 3.63) is 59.9 Å². The van der Waals surface area contributed by atoms with Crippen molar-refractivity contribution in [2.24, 2.45) is 5.10 Å². The Balaban J connectivity index is 1.69. The molecule has 0 fully saturated rings. The quantitative estimate of drug-likeness (QED) is 0.0843. The lowest BCUT2D eigenvalue weighted by atomic mass is 9.95. The molecule has 0 spiro atoms. The zero-order valence-electron chi connectivity index (χ0n) is 21.8. The molecule has 0 saturated carbocycles. The van der Waals surface area contributed by atoms with E-state index in [0.717, 1.165) is 18.5 Å². The average Bonchev–Trinajstić information content (AvgIpc) is 2.89. The second-order valence-corrected chi connectivity index (χ2v) is 10.5. The number of allylic oxidation sites excluding steroid dienone is 1. The highest BCUT2D eigenvalue weighted by Crippen LogP contribution is 2.35. The molecule has 0 unspecified atom stereocenters. The number of hydrazone groups is 1. The first kappa shape index (κ1) is 30.7. The number of urea groups is 1. The topological polar surface area (TPSA) is 140 Å². The van der Waals surface area contributed by atoms with Crippen molar-refractivity contribution in [3.8, 4) is 17.2 Å². The van der Waals surface area contributed by atoms with Crippen molar-refractivity contribution in [3.63, 3.8) is 0 Å². The van der Waals surface area contributed by atoms with E-state index in [0.29, 0.717) is 36.0 Å². The number of aliphatic hydroxyl groups excluding tert-OH is 1. The van der Waals surface area contributed by atoms with E-state index in [1.54, 1.807) is 31.3 Å². The molecule has 0 aliphatic carbocycles. The minimum Gasteiger partial charge on any atom is -0.492 e. The molecule has 2 amide bonds. The van der Waals surface area contributed by atoms with Gasteiger partial charge in [-0.2, -0.15) is 5.10 Å². The van der Waals surface area contributed by atoms with E-state index in [1.165, 1.54) is 7.11 Å². The number of nitrogens with zero attached hydrogens (tertiary/aromatic N) is 1. The van der Waals surface area contributed by atoms with Crippen LogP contribution in [0.5, 0.6) is 17.2 Å². The van der Waals surface area contributed by atoms with Gasteiger partial charge in [0.05, 0.1) is 45.3 Å². The van der Waals surface area contributed by atoms with Gasteiger partial charge in [-0.3, -0.25) is 5.43 Å². The number of benzene rings is 2. The fraction of sp³-hybridized carbons (Fsp3) is 0.346. The Morgan fingerprint density at radius 1 is 1.13 bits per heavy atom. The van der Waals surface area contributed by atoms with Gasteiger partial charge in [0.2, 0.25) is 0 Å². The lowest BCUT2D eigenvalue weighted by Crippen LogP contribution is -2.45. The molecule has 3 rings (SSSR count). The van der Waals surface area contributed by atoms with Gasteiger partial charge in [0, 0.05) is 5.70 Å². The maximum Gasteiger partial charge on any atom is 0.337 e. The predicted octanol–water partition coefficient (Wildman–Crippen LogP) is 3.82. The first-order chi connectivity index (χ1) is 18.7. The van der Waals surface area contributed by atoms with Crippen LogP contribution in [-0.4, -0.2) is 56.5 Å². The molecular formula is C26H30I2N4O7. The fourth-order valence-corrected chi connectivity index (χ4v) is 5.88. The number of carbonyl (C=O) groups excluding carboxylic acids is 2. The summed E-state index contributed by atoms with van der Waals surface area (Å²) in [4.78, 5) is 24.5. The van der Waals surface area contributed by atoms with Crippen LogP contribution in [0.25, 0.3) is 0 Å². The number of methoxy groups -OCH3 is 1. The van der Waals surface area contributed by atoms with E-state index < -0.39 is 24.3 Å². The van der Waals surface area contributed by atoms with Crippen molar-refractivity contribution in [1.82, 2.24) is 16.1 Å². The average molecular weight is 764 g/mol. The number of carbonyl (C=O) groups is 2. The number of esters is 1. The molecule has 2 atom stereocenters. The molecule has 0 saturated heterocycles. The van der Waals surface area contributed by atoms with E-state index in [-0.39, 0.29) is 12.2 Å². The Kier molecular flexibility index (Phi) is 11.5. The molecule has 0 aromatic heterocycles. The van der Waals surface area contributed by atoms with Gasteiger partial charge in [-0.1, -0.05) is 6.07 Å². The molecule has 1 aliphatic rings. The van der Waals surface area contributed by atoms with Gasteiger partial charge in [-0.15, -0.1) is 0 Å². The SMILES string of the molecule is CCOc1cc([C@H]2NC(=O)NC(C)=C2C(=O)OC)ccc1OC[C@@H](O)N/N=C\c1cc(I)c(OCC)c(I)c1. The monoisotopic (exact) mass is 764 g/mol. The number of nitrogens with one attached hydrogen (secondary N) is 3. The minimum absolute atomic E-state index is 0.119. The van der Waals surface area contributed by atoms with Gasteiger partial charge in [-0.25, -0.2) is 9.59 Å². The smallest absolute Gasteiger partial charge is 0.337 e. The number of amides is 2. The van der Waals surface area contributed by atoms with Crippen LogP contribution in [0.1, 0.15) is 37.9 Å². The van der Waals surface area contributed by atoms with Crippen molar-refractivity contribution >= 4 is 63.4 Å². The summed E-state index contributed by atoms with van der Waals surface area (Å²) in [5.41, 5.74) is 4.77. The van der Waals surface area contributed by atoms with Crippen LogP contribution in [0.15, 0.2) is 46.7 Å². The maximum absolute atomic E-state index is 12.4. The summed E-state index contributed by atoms with van der Waals surface area (Å²) in [6.07, 6.45) is 0.502. The second-order valence-electron chi connectivity index (χ2n) is 8.16. The number of hydrogen-bond donors (Lipinski definition) is 4. The molecule has 1 heterocycles. The summed E-state index contributed by atoms with van der Waals surface area (Å²) in [6, 6.07) is 7.73. The molecule has 13 heteroatoms. The van der Waals surface area contributed by atoms with Gasteiger partial charge in [0.25, 0.3) is 0 Å². The molecule has 4 N–H and O–H groups in total. The van der Waals surface area contributed by atoms with E-state index in [4.69, 9.17) is 18.9 Å². The normalized spacial score (nSPS) is 15.9. The number of ether oxygens (including phenoxy) is 4. The number of aliphatic hydroxyl groups is 1. The van der Waals surface area contributed by atoms with Crippen LogP contribution < -0.4 is 30.3 Å². The highest BCUT2D eigenvalue weighted by Gasteiger charge is 2.32. The molecule has 2 aromatic carbocycles. The summed E-state index contributed by atoms with van der Waals surface area (Å²) < 4.78 is 24.0. The molecule has 210 valence electrons. The predicted molar refractivity (Wildman–Crippen MR) is 162 cm³/mol. The van der Waals surface area contributed by atoms with Crippen molar-refractivity contribution in [1.29, 1.82) is 0 Å². The van der Waals surface area contributed by atoms with E-state index in [1.807, 2.05) is 26.0 Å². The lowest BCUT2D eigenvalue weighted by Gasteiger charge is -2.28. The minimum atomic E-state index is -1.10. The van der Waals surface area contributed by atoms with E-state index in [9.17, 15) is 14.7 Å². The first-order valence-corrected chi connectivity index (χ1v) is 14.2. The molecule has 39 heavy (non-hydrogen) atoms. The Labute approximate surface area is 254 Å². The maximum atomic E-state index is 12.4. The number of rotatable bonds is 12. The number of hydrogen-bond acceptors (Lipinski definition) is 9. The van der Waals surface area contributed by atoms with Crippen molar-refractivity contribution in [2.45, 2.75) is 33.0 Å². The van der Waals surface area contributed by atoms with Crippen LogP contribution in [0.3, 0.4) is 0 Å². The Hall–Kier alpha value is -2.79. The summed E-state index contributed by atoms with van der Waals surface area (Å²) >= 11 is 4.42. The molecule has 0 bridgehead atoms. The molecule has 11 nitrogen and oxygen atoms in total. The third kappa shape index (κ3) is 8.11. The third-order valence-corrected chi connectivity index (χ3v) is 7.02. The fourth-order valence-electron chi connectivity index (χ4n) is 3.76. The van der Waals surface area contributed by atoms with Crippen molar-refractivity contribution < 1.29 is 33.6 Å².